The Balaban J connectivity index is 0.00000225. The normalized spacial score (nSPS) is 23.0. The molecule has 0 aromatic heterocycles. The Morgan fingerprint density at radius 1 is 1.24 bits per heavy atom. The van der Waals surface area contributed by atoms with Gasteiger partial charge < -0.3 is 16.0 Å². The standard InChI is InChI=1S/C18H25N3O2S.ClH/c1-12-10-14(18(23)21-6-8-24-9-7-21)3-5-16(12)20-17(22)13-2-4-15(19)11-13;/h3,5,10,13,15H,2,4,6-9,11,19H2,1H3,(H,20,22);1H. The molecule has 5 nitrogen and oxygen atoms in total. The summed E-state index contributed by atoms with van der Waals surface area (Å²) >= 11 is 1.89. The number of nitrogens with one attached hydrogen (secondary N) is 1. The summed E-state index contributed by atoms with van der Waals surface area (Å²) < 4.78 is 0. The van der Waals surface area contributed by atoms with Crippen LogP contribution < -0.4 is 11.1 Å². The fourth-order valence-corrected chi connectivity index (χ4v) is 4.28. The van der Waals surface area contributed by atoms with Gasteiger partial charge in [-0.3, -0.25) is 9.59 Å². The van der Waals surface area contributed by atoms with Gasteiger partial charge in [0, 0.05) is 47.8 Å². The van der Waals surface area contributed by atoms with Gasteiger partial charge in [-0.25, -0.2) is 0 Å². The molecular formula is C18H26ClN3O2S. The number of aryl methyl sites for hydroxylation is 1. The molecule has 25 heavy (non-hydrogen) atoms. The van der Waals surface area contributed by atoms with E-state index in [1.807, 2.05) is 41.8 Å². The maximum atomic E-state index is 12.5. The maximum absolute atomic E-state index is 12.5. The van der Waals surface area contributed by atoms with E-state index in [4.69, 9.17) is 5.73 Å². The van der Waals surface area contributed by atoms with Crippen LogP contribution in [-0.4, -0.2) is 47.4 Å². The van der Waals surface area contributed by atoms with Crippen molar-refractivity contribution in [1.82, 2.24) is 4.90 Å². The summed E-state index contributed by atoms with van der Waals surface area (Å²) in [6.45, 7) is 3.55. The molecule has 1 heterocycles. The Labute approximate surface area is 159 Å². The number of halogens is 1. The lowest BCUT2D eigenvalue weighted by atomic mass is 10.1. The van der Waals surface area contributed by atoms with Crippen LogP contribution in [0.4, 0.5) is 5.69 Å². The molecule has 2 atom stereocenters. The molecule has 1 aliphatic heterocycles. The summed E-state index contributed by atoms with van der Waals surface area (Å²) in [7, 11) is 0. The van der Waals surface area contributed by atoms with Gasteiger partial charge in [-0.05, 0) is 49.9 Å². The SMILES string of the molecule is Cc1cc(C(=O)N2CCSCC2)ccc1NC(=O)C1CCC(N)C1.Cl. The zero-order valence-corrected chi connectivity index (χ0v) is 16.1. The van der Waals surface area contributed by atoms with E-state index < -0.39 is 0 Å². The van der Waals surface area contributed by atoms with Gasteiger partial charge in [-0.2, -0.15) is 11.8 Å². The van der Waals surface area contributed by atoms with E-state index >= 15 is 0 Å². The summed E-state index contributed by atoms with van der Waals surface area (Å²) in [6, 6.07) is 5.67. The molecular weight excluding hydrogens is 358 g/mol. The lowest BCUT2D eigenvalue weighted by molar-refractivity contribution is -0.119. The number of carbonyl (C=O) groups is 2. The van der Waals surface area contributed by atoms with E-state index in [0.29, 0.717) is 5.56 Å². The third-order valence-corrected chi connectivity index (χ3v) is 5.82. The average molecular weight is 384 g/mol. The van der Waals surface area contributed by atoms with Crippen molar-refractivity contribution in [1.29, 1.82) is 0 Å². The van der Waals surface area contributed by atoms with Gasteiger partial charge >= 0.3 is 0 Å². The molecule has 3 rings (SSSR count). The van der Waals surface area contributed by atoms with Crippen LogP contribution in [0.1, 0.15) is 35.2 Å². The first-order chi connectivity index (χ1) is 11.5. The summed E-state index contributed by atoms with van der Waals surface area (Å²) in [5, 5.41) is 3.00. The quantitative estimate of drug-likeness (QED) is 0.841. The molecule has 2 unspecified atom stereocenters. The smallest absolute Gasteiger partial charge is 0.253 e. The van der Waals surface area contributed by atoms with Crippen LogP contribution in [0.2, 0.25) is 0 Å². The molecule has 2 aliphatic rings. The van der Waals surface area contributed by atoms with Gasteiger partial charge in [0.1, 0.15) is 0 Å². The van der Waals surface area contributed by atoms with Crippen LogP contribution in [-0.2, 0) is 4.79 Å². The van der Waals surface area contributed by atoms with Crippen molar-refractivity contribution in [2.45, 2.75) is 32.2 Å². The maximum Gasteiger partial charge on any atom is 0.253 e. The lowest BCUT2D eigenvalue weighted by Crippen LogP contribution is -2.37. The number of benzene rings is 1. The first kappa shape index (κ1) is 20.1. The van der Waals surface area contributed by atoms with Crippen molar-refractivity contribution in [3.05, 3.63) is 29.3 Å². The van der Waals surface area contributed by atoms with Gasteiger partial charge in [0.2, 0.25) is 5.91 Å². The summed E-state index contributed by atoms with van der Waals surface area (Å²) in [5.74, 6) is 2.13. The summed E-state index contributed by atoms with van der Waals surface area (Å²) in [4.78, 5) is 26.8. The first-order valence-electron chi connectivity index (χ1n) is 8.58. The molecule has 2 fully saturated rings. The molecule has 1 aliphatic carbocycles. The van der Waals surface area contributed by atoms with Crippen molar-refractivity contribution in [3.63, 3.8) is 0 Å². The molecule has 1 aromatic carbocycles. The van der Waals surface area contributed by atoms with Crippen LogP contribution in [0, 0.1) is 12.8 Å². The topological polar surface area (TPSA) is 75.4 Å². The van der Waals surface area contributed by atoms with Crippen LogP contribution in [0.15, 0.2) is 18.2 Å². The predicted octanol–water partition coefficient (Wildman–Crippen LogP) is 2.67. The number of anilines is 1. The third-order valence-electron chi connectivity index (χ3n) is 4.87. The highest BCUT2D eigenvalue weighted by atomic mass is 35.5. The number of amides is 2. The fourth-order valence-electron chi connectivity index (χ4n) is 3.38. The second-order valence-corrected chi connectivity index (χ2v) is 7.92. The van der Waals surface area contributed by atoms with Crippen LogP contribution >= 0.6 is 24.2 Å². The second-order valence-electron chi connectivity index (χ2n) is 6.69. The van der Waals surface area contributed by atoms with Crippen molar-refractivity contribution in [2.24, 2.45) is 11.7 Å². The van der Waals surface area contributed by atoms with E-state index in [1.54, 1.807) is 0 Å². The third kappa shape index (κ3) is 4.90. The molecule has 138 valence electrons. The Morgan fingerprint density at radius 2 is 1.96 bits per heavy atom. The van der Waals surface area contributed by atoms with Crippen LogP contribution in [0.5, 0.6) is 0 Å². The van der Waals surface area contributed by atoms with Crippen molar-refractivity contribution in [2.75, 3.05) is 29.9 Å². The van der Waals surface area contributed by atoms with E-state index in [0.717, 1.165) is 55.1 Å². The highest BCUT2D eigenvalue weighted by Crippen LogP contribution is 2.26. The minimum absolute atomic E-state index is 0. The molecule has 1 aromatic rings. The first-order valence-corrected chi connectivity index (χ1v) is 9.74. The van der Waals surface area contributed by atoms with Crippen molar-refractivity contribution in [3.8, 4) is 0 Å². The number of hydrogen-bond acceptors (Lipinski definition) is 4. The Kier molecular flexibility index (Phi) is 7.16. The summed E-state index contributed by atoms with van der Waals surface area (Å²) in [5.41, 5.74) is 8.28. The predicted molar refractivity (Wildman–Crippen MR) is 106 cm³/mol. The molecule has 0 bridgehead atoms. The number of nitrogens with two attached hydrogens (primary N) is 1. The second kappa shape index (κ2) is 8.92. The number of nitrogens with zero attached hydrogens (tertiary/aromatic N) is 1. The molecule has 1 saturated heterocycles. The minimum Gasteiger partial charge on any atom is -0.337 e. The van der Waals surface area contributed by atoms with Gasteiger partial charge in [0.25, 0.3) is 5.91 Å². The van der Waals surface area contributed by atoms with Crippen LogP contribution in [0.25, 0.3) is 0 Å². The molecule has 3 N–H and O–H groups in total. The van der Waals surface area contributed by atoms with Gasteiger partial charge in [0.05, 0.1) is 0 Å². The number of rotatable bonds is 3. The molecule has 1 saturated carbocycles. The van der Waals surface area contributed by atoms with Gasteiger partial charge in [-0.1, -0.05) is 0 Å². The van der Waals surface area contributed by atoms with Gasteiger partial charge in [-0.15, -0.1) is 12.4 Å². The Morgan fingerprint density at radius 3 is 2.56 bits per heavy atom. The van der Waals surface area contributed by atoms with E-state index in [1.165, 1.54) is 0 Å². The minimum atomic E-state index is 0. The van der Waals surface area contributed by atoms with Gasteiger partial charge in [0.15, 0.2) is 0 Å². The Bertz CT molecular complexity index is 635. The number of thioether (sulfide) groups is 1. The zero-order chi connectivity index (χ0) is 17.1. The van der Waals surface area contributed by atoms with Crippen LogP contribution in [0.3, 0.4) is 0 Å². The lowest BCUT2D eigenvalue weighted by Gasteiger charge is -2.26. The average Bonchev–Trinajstić information content (AvgIpc) is 3.03. The van der Waals surface area contributed by atoms with Crippen molar-refractivity contribution >= 4 is 41.7 Å². The van der Waals surface area contributed by atoms with E-state index in [-0.39, 0.29) is 36.2 Å². The molecule has 0 radical (unpaired) electrons. The van der Waals surface area contributed by atoms with Crippen molar-refractivity contribution < 1.29 is 9.59 Å². The highest BCUT2D eigenvalue weighted by molar-refractivity contribution is 7.99. The van der Waals surface area contributed by atoms with E-state index in [9.17, 15) is 9.59 Å². The molecule has 7 heteroatoms. The zero-order valence-electron chi connectivity index (χ0n) is 14.5. The highest BCUT2D eigenvalue weighted by Gasteiger charge is 2.28. The Hall–Kier alpha value is -1.24. The largest absolute Gasteiger partial charge is 0.337 e. The number of carbonyl (C=O) groups excluding carboxylic acids is 2. The fraction of sp³-hybridized carbons (Fsp3) is 0.556. The number of hydrogen-bond donors (Lipinski definition) is 2. The summed E-state index contributed by atoms with van der Waals surface area (Å²) in [6.07, 6.45) is 2.53. The van der Waals surface area contributed by atoms with E-state index in [2.05, 4.69) is 5.32 Å². The monoisotopic (exact) mass is 383 g/mol. The molecule has 0 spiro atoms. The molecule has 2 amide bonds.